The molecule has 0 radical (unpaired) electrons. The van der Waals surface area contributed by atoms with Gasteiger partial charge in [0.1, 0.15) is 0 Å². The van der Waals surface area contributed by atoms with Crippen LogP contribution < -0.4 is 10.6 Å². The van der Waals surface area contributed by atoms with Gasteiger partial charge < -0.3 is 20.6 Å². The Hall–Kier alpha value is -2.70. The zero-order chi connectivity index (χ0) is 29.4. The lowest BCUT2D eigenvalue weighted by molar-refractivity contribution is -0.142. The van der Waals surface area contributed by atoms with Crippen molar-refractivity contribution in [2.45, 2.75) is 109 Å². The summed E-state index contributed by atoms with van der Waals surface area (Å²) < 4.78 is 0. The van der Waals surface area contributed by atoms with Gasteiger partial charge in [-0.05, 0) is 80.9 Å². The van der Waals surface area contributed by atoms with Gasteiger partial charge in [0.2, 0.25) is 11.8 Å². The van der Waals surface area contributed by atoms with Crippen LogP contribution in [0, 0.1) is 11.8 Å². The van der Waals surface area contributed by atoms with Crippen LogP contribution in [0.5, 0.6) is 0 Å². The number of aliphatic hydroxyl groups is 1. The normalized spacial score (nSPS) is 21.5. The van der Waals surface area contributed by atoms with Crippen LogP contribution in [-0.2, 0) is 22.6 Å². The molecular formula is C35H51N3O3. The highest BCUT2D eigenvalue weighted by Gasteiger charge is 2.42. The largest absolute Gasteiger partial charge is 0.390 e. The number of carbonyl (C=O) groups excluding carboxylic acids is 2. The summed E-state index contributed by atoms with van der Waals surface area (Å²) in [6, 6.07) is 18.2. The summed E-state index contributed by atoms with van der Waals surface area (Å²) in [5.74, 6) is 0.929. The number of amides is 2. The molecule has 0 aromatic heterocycles. The second kappa shape index (κ2) is 14.5. The van der Waals surface area contributed by atoms with Crippen molar-refractivity contribution in [1.82, 2.24) is 15.5 Å². The number of likely N-dealkylation sites (tertiary alicyclic amines) is 1. The lowest BCUT2D eigenvalue weighted by atomic mass is 9.71. The lowest BCUT2D eigenvalue weighted by Gasteiger charge is -2.48. The third kappa shape index (κ3) is 8.42. The van der Waals surface area contributed by atoms with Crippen molar-refractivity contribution in [1.29, 1.82) is 0 Å². The topological polar surface area (TPSA) is 81.7 Å². The predicted octanol–water partition coefficient (Wildman–Crippen LogP) is 5.59. The Morgan fingerprint density at radius 1 is 1.02 bits per heavy atom. The van der Waals surface area contributed by atoms with Gasteiger partial charge in [0.25, 0.3) is 0 Å². The highest BCUT2D eigenvalue weighted by atomic mass is 16.3. The molecule has 1 saturated heterocycles. The van der Waals surface area contributed by atoms with Gasteiger partial charge in [0.05, 0.1) is 12.1 Å². The fraction of sp³-hybridized carbons (Fsp3) is 0.600. The molecule has 1 unspecified atom stereocenters. The molecule has 1 saturated carbocycles. The van der Waals surface area contributed by atoms with Crippen LogP contribution in [0.4, 0.5) is 0 Å². The third-order valence-corrected chi connectivity index (χ3v) is 9.45. The summed E-state index contributed by atoms with van der Waals surface area (Å²) in [5.41, 5.74) is 3.33. The van der Waals surface area contributed by atoms with Gasteiger partial charge in [-0.2, -0.15) is 0 Å². The predicted molar refractivity (Wildman–Crippen MR) is 165 cm³/mol. The van der Waals surface area contributed by atoms with Crippen molar-refractivity contribution in [3.8, 4) is 0 Å². The molecular weight excluding hydrogens is 510 g/mol. The molecule has 41 heavy (non-hydrogen) atoms. The highest BCUT2D eigenvalue weighted by molar-refractivity contribution is 5.79. The molecule has 6 heteroatoms. The SMILES string of the molecule is CC(C)c1cccc(CNC[C@@H](O)C(Cc2ccccc2)NC(=O)[C@H]2CCC[C@H](C(C)(C)N3CCCCC3=O)C2)c1. The minimum absolute atomic E-state index is 0.0279. The van der Waals surface area contributed by atoms with Gasteiger partial charge >= 0.3 is 0 Å². The first-order valence-corrected chi connectivity index (χ1v) is 15.8. The van der Waals surface area contributed by atoms with Crippen LogP contribution in [0.15, 0.2) is 54.6 Å². The number of rotatable bonds is 12. The monoisotopic (exact) mass is 561 g/mol. The number of hydrogen-bond acceptors (Lipinski definition) is 4. The Kier molecular flexibility index (Phi) is 11.0. The van der Waals surface area contributed by atoms with E-state index in [-0.39, 0.29) is 29.2 Å². The maximum Gasteiger partial charge on any atom is 0.223 e. The molecule has 6 nitrogen and oxygen atoms in total. The number of aliphatic hydroxyl groups excluding tert-OH is 1. The van der Waals surface area contributed by atoms with E-state index in [1.54, 1.807) is 0 Å². The summed E-state index contributed by atoms with van der Waals surface area (Å²) in [6.07, 6.45) is 6.17. The fourth-order valence-electron chi connectivity index (χ4n) is 6.73. The number of hydrogen-bond donors (Lipinski definition) is 3. The first-order valence-electron chi connectivity index (χ1n) is 15.8. The minimum Gasteiger partial charge on any atom is -0.390 e. The number of nitrogens with one attached hydrogen (secondary N) is 2. The highest BCUT2D eigenvalue weighted by Crippen LogP contribution is 2.40. The molecule has 2 amide bonds. The van der Waals surface area contributed by atoms with E-state index < -0.39 is 12.1 Å². The van der Waals surface area contributed by atoms with Gasteiger partial charge in [0.15, 0.2) is 0 Å². The quantitative estimate of drug-likeness (QED) is 0.316. The Bertz CT molecular complexity index is 1130. The van der Waals surface area contributed by atoms with E-state index >= 15 is 0 Å². The molecule has 3 N–H and O–H groups in total. The van der Waals surface area contributed by atoms with E-state index in [1.165, 1.54) is 11.1 Å². The molecule has 1 heterocycles. The first-order chi connectivity index (χ1) is 19.6. The third-order valence-electron chi connectivity index (χ3n) is 9.45. The number of piperidine rings is 1. The molecule has 2 fully saturated rings. The Balaban J connectivity index is 1.39. The van der Waals surface area contributed by atoms with E-state index in [9.17, 15) is 14.7 Å². The standard InChI is InChI=1S/C35H51N3O3/c1-25(2)28-15-10-14-27(20-28)23-36-24-32(39)31(21-26-12-6-5-7-13-26)37-34(41)29-16-11-17-30(22-29)35(3,4)38-19-9-8-18-33(38)40/h5-7,10,12-15,20,25,29-32,36,39H,8-9,11,16-19,21-24H2,1-4H3,(H,37,41)/t29-,30-,31?,32+/m0/s1. The van der Waals surface area contributed by atoms with Gasteiger partial charge in [0, 0.05) is 37.5 Å². The lowest BCUT2D eigenvalue weighted by Crippen LogP contribution is -2.56. The van der Waals surface area contributed by atoms with Crippen LogP contribution in [0.1, 0.15) is 95.2 Å². The van der Waals surface area contributed by atoms with Crippen molar-refractivity contribution in [3.63, 3.8) is 0 Å². The van der Waals surface area contributed by atoms with Crippen molar-refractivity contribution in [3.05, 3.63) is 71.3 Å². The van der Waals surface area contributed by atoms with Gasteiger partial charge in [-0.3, -0.25) is 9.59 Å². The van der Waals surface area contributed by atoms with Crippen LogP contribution in [-0.4, -0.2) is 52.6 Å². The second-order valence-electron chi connectivity index (χ2n) is 13.1. The summed E-state index contributed by atoms with van der Waals surface area (Å²) in [7, 11) is 0. The van der Waals surface area contributed by atoms with E-state index in [4.69, 9.17) is 0 Å². The van der Waals surface area contributed by atoms with Crippen molar-refractivity contribution < 1.29 is 14.7 Å². The zero-order valence-corrected chi connectivity index (χ0v) is 25.6. The molecule has 2 aliphatic rings. The maximum atomic E-state index is 13.7. The average Bonchev–Trinajstić information content (AvgIpc) is 2.97. The van der Waals surface area contributed by atoms with Crippen molar-refractivity contribution in [2.24, 2.45) is 11.8 Å². The molecule has 0 bridgehead atoms. The Morgan fingerprint density at radius 2 is 1.78 bits per heavy atom. The summed E-state index contributed by atoms with van der Waals surface area (Å²) in [4.78, 5) is 28.5. The van der Waals surface area contributed by atoms with E-state index in [2.05, 4.69) is 67.5 Å². The molecule has 2 aromatic rings. The number of nitrogens with zero attached hydrogens (tertiary/aromatic N) is 1. The van der Waals surface area contributed by atoms with Gasteiger partial charge in [-0.1, -0.05) is 74.9 Å². The molecule has 1 aliphatic heterocycles. The van der Waals surface area contributed by atoms with Crippen LogP contribution in [0.25, 0.3) is 0 Å². The molecule has 0 spiro atoms. The fourth-order valence-corrected chi connectivity index (χ4v) is 6.73. The first kappa shape index (κ1) is 31.2. The van der Waals surface area contributed by atoms with Crippen LogP contribution >= 0.6 is 0 Å². The summed E-state index contributed by atoms with van der Waals surface area (Å²) in [5, 5.41) is 18.0. The molecule has 2 aromatic carbocycles. The Labute approximate surface area is 247 Å². The zero-order valence-electron chi connectivity index (χ0n) is 25.6. The van der Waals surface area contributed by atoms with Gasteiger partial charge in [-0.15, -0.1) is 0 Å². The average molecular weight is 562 g/mol. The number of benzene rings is 2. The van der Waals surface area contributed by atoms with Crippen molar-refractivity contribution >= 4 is 11.8 Å². The summed E-state index contributed by atoms with van der Waals surface area (Å²) >= 11 is 0. The summed E-state index contributed by atoms with van der Waals surface area (Å²) in [6.45, 7) is 10.6. The van der Waals surface area contributed by atoms with E-state index in [0.717, 1.165) is 50.6 Å². The second-order valence-corrected chi connectivity index (χ2v) is 13.1. The van der Waals surface area contributed by atoms with Gasteiger partial charge in [-0.25, -0.2) is 0 Å². The molecule has 224 valence electrons. The molecule has 4 atom stereocenters. The van der Waals surface area contributed by atoms with E-state index in [1.807, 2.05) is 30.3 Å². The Morgan fingerprint density at radius 3 is 2.51 bits per heavy atom. The molecule has 1 aliphatic carbocycles. The number of carbonyl (C=O) groups is 2. The smallest absolute Gasteiger partial charge is 0.223 e. The van der Waals surface area contributed by atoms with Crippen LogP contribution in [0.2, 0.25) is 0 Å². The van der Waals surface area contributed by atoms with Crippen molar-refractivity contribution in [2.75, 3.05) is 13.1 Å². The van der Waals surface area contributed by atoms with E-state index in [0.29, 0.717) is 31.8 Å². The van der Waals surface area contributed by atoms with Crippen LogP contribution in [0.3, 0.4) is 0 Å². The maximum absolute atomic E-state index is 13.7. The minimum atomic E-state index is -0.728. The molecule has 4 rings (SSSR count).